The van der Waals surface area contributed by atoms with Gasteiger partial charge in [0.1, 0.15) is 11.4 Å². The van der Waals surface area contributed by atoms with Gasteiger partial charge in [-0.1, -0.05) is 0 Å². The van der Waals surface area contributed by atoms with E-state index in [0.717, 1.165) is 13.0 Å². The van der Waals surface area contributed by atoms with Crippen molar-refractivity contribution in [1.82, 2.24) is 9.62 Å². The molecule has 1 N–H and O–H groups in total. The maximum absolute atomic E-state index is 12.1. The Morgan fingerprint density at radius 2 is 1.71 bits per heavy atom. The molecule has 0 fully saturated rings. The van der Waals surface area contributed by atoms with Crippen LogP contribution in [-0.4, -0.2) is 46.1 Å². The van der Waals surface area contributed by atoms with E-state index in [-0.39, 0.29) is 10.5 Å². The first-order valence-corrected chi connectivity index (χ1v) is 8.52. The van der Waals surface area contributed by atoms with Gasteiger partial charge in [-0.3, -0.25) is 0 Å². The second-order valence-corrected chi connectivity index (χ2v) is 8.01. The minimum atomic E-state index is -3.44. The quantitative estimate of drug-likeness (QED) is 0.783. The average Bonchev–Trinajstić information content (AvgIpc) is 2.33. The van der Waals surface area contributed by atoms with Crippen molar-refractivity contribution in [3.63, 3.8) is 0 Å². The second-order valence-electron chi connectivity index (χ2n) is 6.24. The van der Waals surface area contributed by atoms with E-state index in [1.54, 1.807) is 24.3 Å². The fourth-order valence-corrected chi connectivity index (χ4v) is 2.80. The number of nitrogens with one attached hydrogen (secondary N) is 1. The number of hydrogen-bond acceptors (Lipinski definition) is 4. The third kappa shape index (κ3) is 6.93. The second kappa shape index (κ2) is 7.24. The highest BCUT2D eigenvalue weighted by atomic mass is 32.2. The molecular formula is C15H26N2O3S. The fourth-order valence-electron chi connectivity index (χ4n) is 1.73. The Morgan fingerprint density at radius 3 is 2.19 bits per heavy atom. The monoisotopic (exact) mass is 314 g/mol. The Labute approximate surface area is 128 Å². The highest BCUT2D eigenvalue weighted by Gasteiger charge is 2.15. The van der Waals surface area contributed by atoms with Crippen LogP contribution in [0.5, 0.6) is 5.75 Å². The first kappa shape index (κ1) is 17.9. The maximum Gasteiger partial charge on any atom is 0.240 e. The Balaban J connectivity index is 2.63. The van der Waals surface area contributed by atoms with Crippen molar-refractivity contribution in [2.45, 2.75) is 37.7 Å². The summed E-state index contributed by atoms with van der Waals surface area (Å²) in [6, 6.07) is 6.49. The summed E-state index contributed by atoms with van der Waals surface area (Å²) in [6.07, 6.45) is 0.775. The number of hydrogen-bond donors (Lipinski definition) is 1. The Bertz CT molecular complexity index is 531. The summed E-state index contributed by atoms with van der Waals surface area (Å²) in [5.41, 5.74) is -0.301. The lowest BCUT2D eigenvalue weighted by Crippen LogP contribution is -2.27. The molecule has 0 aliphatic rings. The molecule has 0 unspecified atom stereocenters. The number of sulfonamides is 1. The van der Waals surface area contributed by atoms with Crippen molar-refractivity contribution in [2.75, 3.05) is 27.2 Å². The Hall–Kier alpha value is -1.11. The lowest BCUT2D eigenvalue weighted by atomic mass is 10.2. The summed E-state index contributed by atoms with van der Waals surface area (Å²) in [7, 11) is 0.479. The van der Waals surface area contributed by atoms with Gasteiger partial charge in [0, 0.05) is 6.54 Å². The number of rotatable bonds is 7. The van der Waals surface area contributed by atoms with Crippen LogP contribution in [0.3, 0.4) is 0 Å². The van der Waals surface area contributed by atoms with Crippen LogP contribution in [0.15, 0.2) is 29.2 Å². The first-order valence-electron chi connectivity index (χ1n) is 7.04. The van der Waals surface area contributed by atoms with Gasteiger partial charge in [-0.15, -0.1) is 0 Å². The lowest BCUT2D eigenvalue weighted by Gasteiger charge is -2.21. The van der Waals surface area contributed by atoms with E-state index in [2.05, 4.69) is 4.72 Å². The van der Waals surface area contributed by atoms with Gasteiger partial charge in [0.25, 0.3) is 0 Å². The van der Waals surface area contributed by atoms with Crippen LogP contribution >= 0.6 is 0 Å². The topological polar surface area (TPSA) is 58.6 Å². The van der Waals surface area contributed by atoms with Gasteiger partial charge in [0.05, 0.1) is 4.90 Å². The molecule has 0 spiro atoms. The molecule has 0 heterocycles. The number of ether oxygens (including phenoxy) is 1. The van der Waals surface area contributed by atoms with Gasteiger partial charge < -0.3 is 9.64 Å². The fraction of sp³-hybridized carbons (Fsp3) is 0.600. The smallest absolute Gasteiger partial charge is 0.240 e. The largest absolute Gasteiger partial charge is 0.488 e. The van der Waals surface area contributed by atoms with Gasteiger partial charge in [0.2, 0.25) is 10.0 Å². The molecule has 120 valence electrons. The molecular weight excluding hydrogens is 288 g/mol. The van der Waals surface area contributed by atoms with E-state index in [1.165, 1.54) is 0 Å². The summed E-state index contributed by atoms with van der Waals surface area (Å²) in [6.45, 7) is 7.12. The van der Waals surface area contributed by atoms with Crippen molar-refractivity contribution >= 4 is 10.0 Å². The van der Waals surface area contributed by atoms with E-state index in [9.17, 15) is 8.42 Å². The molecule has 1 aromatic carbocycles. The molecule has 0 aliphatic carbocycles. The minimum absolute atomic E-state index is 0.258. The maximum atomic E-state index is 12.1. The summed E-state index contributed by atoms with van der Waals surface area (Å²) < 4.78 is 32.5. The summed E-state index contributed by atoms with van der Waals surface area (Å²) in [5, 5.41) is 0. The molecule has 0 bridgehead atoms. The normalized spacial score (nSPS) is 12.7. The minimum Gasteiger partial charge on any atom is -0.488 e. The van der Waals surface area contributed by atoms with Crippen LogP contribution in [0.1, 0.15) is 27.2 Å². The number of nitrogens with zero attached hydrogens (tertiary/aromatic N) is 1. The molecule has 0 aromatic heterocycles. The molecule has 0 radical (unpaired) electrons. The van der Waals surface area contributed by atoms with Crippen molar-refractivity contribution in [3.05, 3.63) is 24.3 Å². The Morgan fingerprint density at radius 1 is 1.14 bits per heavy atom. The van der Waals surface area contributed by atoms with Crippen molar-refractivity contribution in [1.29, 1.82) is 0 Å². The van der Waals surface area contributed by atoms with Crippen LogP contribution < -0.4 is 9.46 Å². The van der Waals surface area contributed by atoms with E-state index < -0.39 is 10.0 Å². The van der Waals surface area contributed by atoms with Crippen molar-refractivity contribution < 1.29 is 13.2 Å². The van der Waals surface area contributed by atoms with Gasteiger partial charge in [-0.05, 0) is 72.1 Å². The zero-order valence-corrected chi connectivity index (χ0v) is 14.3. The van der Waals surface area contributed by atoms with Crippen molar-refractivity contribution in [2.24, 2.45) is 0 Å². The molecule has 21 heavy (non-hydrogen) atoms. The highest BCUT2D eigenvalue weighted by molar-refractivity contribution is 7.89. The molecule has 0 aliphatic heterocycles. The summed E-state index contributed by atoms with van der Waals surface area (Å²) in [5.74, 6) is 0.661. The first-order chi connectivity index (χ1) is 9.60. The standard InChI is InChI=1S/C15H26N2O3S/c1-15(2,3)20-13-7-9-14(10-8-13)21(18,19)16-11-6-12-17(4)5/h7-10,16H,6,11-12H2,1-5H3. The number of benzene rings is 1. The van der Waals surface area contributed by atoms with E-state index in [1.807, 2.05) is 39.8 Å². The molecule has 0 saturated heterocycles. The predicted molar refractivity (Wildman–Crippen MR) is 85.2 cm³/mol. The molecule has 0 saturated carbocycles. The van der Waals surface area contributed by atoms with Crippen molar-refractivity contribution in [3.8, 4) is 5.75 Å². The van der Waals surface area contributed by atoms with E-state index in [4.69, 9.17) is 4.74 Å². The molecule has 6 heteroatoms. The summed E-state index contributed by atoms with van der Waals surface area (Å²) >= 11 is 0. The SMILES string of the molecule is CN(C)CCCNS(=O)(=O)c1ccc(OC(C)(C)C)cc1. The Kier molecular flexibility index (Phi) is 6.19. The zero-order valence-electron chi connectivity index (χ0n) is 13.5. The average molecular weight is 314 g/mol. The van der Waals surface area contributed by atoms with Gasteiger partial charge in [-0.25, -0.2) is 13.1 Å². The summed E-state index contributed by atoms with van der Waals surface area (Å²) in [4.78, 5) is 2.28. The highest BCUT2D eigenvalue weighted by Crippen LogP contribution is 2.20. The van der Waals surface area contributed by atoms with Crippen LogP contribution in [0.25, 0.3) is 0 Å². The van der Waals surface area contributed by atoms with Gasteiger partial charge in [-0.2, -0.15) is 0 Å². The predicted octanol–water partition coefficient (Wildman–Crippen LogP) is 2.09. The zero-order chi connectivity index (χ0) is 16.1. The molecule has 0 atom stereocenters. The van der Waals surface area contributed by atoms with E-state index in [0.29, 0.717) is 12.3 Å². The van der Waals surface area contributed by atoms with Crippen LogP contribution in [0, 0.1) is 0 Å². The third-order valence-corrected chi connectivity index (χ3v) is 4.11. The van der Waals surface area contributed by atoms with Gasteiger partial charge in [0.15, 0.2) is 0 Å². The third-order valence-electron chi connectivity index (χ3n) is 2.63. The van der Waals surface area contributed by atoms with Crippen LogP contribution in [-0.2, 0) is 10.0 Å². The van der Waals surface area contributed by atoms with Crippen LogP contribution in [0.4, 0.5) is 0 Å². The van der Waals surface area contributed by atoms with E-state index >= 15 is 0 Å². The van der Waals surface area contributed by atoms with Gasteiger partial charge >= 0.3 is 0 Å². The van der Waals surface area contributed by atoms with Crippen LogP contribution in [0.2, 0.25) is 0 Å². The molecule has 0 amide bonds. The molecule has 1 aromatic rings. The lowest BCUT2D eigenvalue weighted by molar-refractivity contribution is 0.131. The molecule has 5 nitrogen and oxygen atoms in total. The molecule has 1 rings (SSSR count).